The smallest absolute Gasteiger partial charge is 0.224 e. The summed E-state index contributed by atoms with van der Waals surface area (Å²) >= 11 is 0. The molecule has 25 heavy (non-hydrogen) atoms. The summed E-state index contributed by atoms with van der Waals surface area (Å²) in [4.78, 5) is 23.0. The first-order valence-corrected chi connectivity index (χ1v) is 8.19. The zero-order chi connectivity index (χ0) is 17.3. The van der Waals surface area contributed by atoms with Crippen LogP contribution in [-0.2, 0) is 17.6 Å². The molecule has 1 amide bonds. The summed E-state index contributed by atoms with van der Waals surface area (Å²) in [5, 5.41) is 2.82. The van der Waals surface area contributed by atoms with Gasteiger partial charge in [-0.05, 0) is 18.1 Å². The Bertz CT molecular complexity index is 771. The SMILES string of the molecule is O=C(CCc1cnc[nH]1)Nc1ccc(OCCc2ccccc2)nc1. The number of imidazole rings is 1. The molecule has 1 aromatic carbocycles. The maximum Gasteiger partial charge on any atom is 0.224 e. The number of hydrogen-bond donors (Lipinski definition) is 2. The summed E-state index contributed by atoms with van der Waals surface area (Å²) in [6, 6.07) is 13.7. The summed E-state index contributed by atoms with van der Waals surface area (Å²) in [5.74, 6) is 0.487. The Balaban J connectivity index is 1.41. The van der Waals surface area contributed by atoms with Gasteiger partial charge in [0.1, 0.15) is 0 Å². The molecule has 0 spiro atoms. The van der Waals surface area contributed by atoms with Gasteiger partial charge < -0.3 is 15.0 Å². The van der Waals surface area contributed by atoms with Gasteiger partial charge in [-0.1, -0.05) is 30.3 Å². The maximum atomic E-state index is 11.9. The summed E-state index contributed by atoms with van der Waals surface area (Å²) in [6.07, 6.45) is 6.77. The van der Waals surface area contributed by atoms with Crippen LogP contribution in [0.5, 0.6) is 5.88 Å². The van der Waals surface area contributed by atoms with Gasteiger partial charge in [-0.2, -0.15) is 0 Å². The molecule has 0 saturated carbocycles. The second-order valence-electron chi connectivity index (χ2n) is 5.59. The maximum absolute atomic E-state index is 11.9. The number of pyridine rings is 1. The van der Waals surface area contributed by atoms with Gasteiger partial charge >= 0.3 is 0 Å². The Labute approximate surface area is 146 Å². The van der Waals surface area contributed by atoms with Crippen LogP contribution in [0.2, 0.25) is 0 Å². The van der Waals surface area contributed by atoms with Crippen LogP contribution in [0.1, 0.15) is 17.7 Å². The monoisotopic (exact) mass is 336 g/mol. The summed E-state index contributed by atoms with van der Waals surface area (Å²) in [5.41, 5.74) is 2.82. The van der Waals surface area contributed by atoms with Crippen LogP contribution < -0.4 is 10.1 Å². The highest BCUT2D eigenvalue weighted by atomic mass is 16.5. The number of aryl methyl sites for hydroxylation is 1. The lowest BCUT2D eigenvalue weighted by atomic mass is 10.2. The van der Waals surface area contributed by atoms with Gasteiger partial charge in [0.2, 0.25) is 11.8 Å². The van der Waals surface area contributed by atoms with Crippen molar-refractivity contribution in [3.8, 4) is 5.88 Å². The lowest BCUT2D eigenvalue weighted by molar-refractivity contribution is -0.116. The van der Waals surface area contributed by atoms with Crippen LogP contribution in [0.25, 0.3) is 0 Å². The molecule has 0 aliphatic carbocycles. The first-order chi connectivity index (χ1) is 12.3. The van der Waals surface area contributed by atoms with Gasteiger partial charge in [-0.3, -0.25) is 4.79 Å². The zero-order valence-corrected chi connectivity index (χ0v) is 13.8. The fraction of sp³-hybridized carbons (Fsp3) is 0.211. The van der Waals surface area contributed by atoms with E-state index in [4.69, 9.17) is 4.74 Å². The van der Waals surface area contributed by atoms with Crippen molar-refractivity contribution in [2.24, 2.45) is 0 Å². The topological polar surface area (TPSA) is 79.9 Å². The Morgan fingerprint density at radius 1 is 1.08 bits per heavy atom. The molecule has 0 radical (unpaired) electrons. The molecule has 2 aromatic heterocycles. The van der Waals surface area contributed by atoms with E-state index in [9.17, 15) is 4.79 Å². The average molecular weight is 336 g/mol. The highest BCUT2D eigenvalue weighted by molar-refractivity contribution is 5.90. The number of nitrogens with one attached hydrogen (secondary N) is 2. The molecule has 128 valence electrons. The number of ether oxygens (including phenoxy) is 1. The second-order valence-corrected chi connectivity index (χ2v) is 5.59. The minimum atomic E-state index is -0.0610. The summed E-state index contributed by atoms with van der Waals surface area (Å²) in [7, 11) is 0. The van der Waals surface area contributed by atoms with Crippen LogP contribution in [0.3, 0.4) is 0 Å². The number of carbonyl (C=O) groups is 1. The molecule has 3 rings (SSSR count). The van der Waals surface area contributed by atoms with E-state index in [1.165, 1.54) is 5.56 Å². The zero-order valence-electron chi connectivity index (χ0n) is 13.8. The van der Waals surface area contributed by atoms with Crippen molar-refractivity contribution in [3.05, 3.63) is 72.4 Å². The van der Waals surface area contributed by atoms with E-state index in [0.717, 1.165) is 12.1 Å². The third kappa shape index (κ3) is 5.46. The van der Waals surface area contributed by atoms with Crippen molar-refractivity contribution in [2.75, 3.05) is 11.9 Å². The second kappa shape index (κ2) is 8.63. The third-order valence-electron chi connectivity index (χ3n) is 3.68. The van der Waals surface area contributed by atoms with Gasteiger partial charge in [0.25, 0.3) is 0 Å². The van der Waals surface area contributed by atoms with Crippen LogP contribution >= 0.6 is 0 Å². The van der Waals surface area contributed by atoms with E-state index in [1.807, 2.05) is 18.2 Å². The van der Waals surface area contributed by atoms with Crippen molar-refractivity contribution in [1.82, 2.24) is 15.0 Å². The number of nitrogens with zero attached hydrogens (tertiary/aromatic N) is 2. The number of amides is 1. The normalized spacial score (nSPS) is 10.4. The minimum Gasteiger partial charge on any atom is -0.477 e. The Morgan fingerprint density at radius 2 is 1.96 bits per heavy atom. The number of rotatable bonds is 8. The predicted molar refractivity (Wildman–Crippen MR) is 95.4 cm³/mol. The molecular formula is C19H20N4O2. The Hall–Kier alpha value is -3.15. The molecule has 0 aliphatic rings. The highest BCUT2D eigenvalue weighted by Gasteiger charge is 2.05. The number of H-pyrrole nitrogens is 1. The first-order valence-electron chi connectivity index (χ1n) is 8.19. The fourth-order valence-electron chi connectivity index (χ4n) is 2.35. The summed E-state index contributed by atoms with van der Waals surface area (Å²) in [6.45, 7) is 0.562. The molecule has 2 N–H and O–H groups in total. The molecule has 0 fully saturated rings. The van der Waals surface area contributed by atoms with Crippen molar-refractivity contribution < 1.29 is 9.53 Å². The van der Waals surface area contributed by atoms with E-state index >= 15 is 0 Å². The predicted octanol–water partition coefficient (Wildman–Crippen LogP) is 3.00. The molecule has 0 atom stereocenters. The van der Waals surface area contributed by atoms with E-state index in [1.54, 1.807) is 30.9 Å². The van der Waals surface area contributed by atoms with Gasteiger partial charge in [0.05, 0.1) is 24.8 Å². The molecule has 6 nitrogen and oxygen atoms in total. The lowest BCUT2D eigenvalue weighted by Gasteiger charge is -2.07. The first kappa shape index (κ1) is 16.7. The van der Waals surface area contributed by atoms with E-state index in [0.29, 0.717) is 31.0 Å². The van der Waals surface area contributed by atoms with Gasteiger partial charge in [-0.15, -0.1) is 0 Å². The van der Waals surface area contributed by atoms with Crippen LogP contribution in [0.4, 0.5) is 5.69 Å². The van der Waals surface area contributed by atoms with Crippen molar-refractivity contribution in [2.45, 2.75) is 19.3 Å². The molecule has 0 aliphatic heterocycles. The number of aromatic amines is 1. The molecule has 2 heterocycles. The molecule has 0 saturated heterocycles. The average Bonchev–Trinajstić information content (AvgIpc) is 3.16. The Kier molecular flexibility index (Phi) is 5.77. The van der Waals surface area contributed by atoms with Crippen molar-refractivity contribution in [3.63, 3.8) is 0 Å². The van der Waals surface area contributed by atoms with Gasteiger partial charge in [0.15, 0.2) is 0 Å². The van der Waals surface area contributed by atoms with Crippen molar-refractivity contribution >= 4 is 11.6 Å². The number of hydrogen-bond acceptors (Lipinski definition) is 4. The van der Waals surface area contributed by atoms with Gasteiger partial charge in [0, 0.05) is 30.8 Å². The molecule has 6 heteroatoms. The number of anilines is 1. The molecule has 0 bridgehead atoms. The van der Waals surface area contributed by atoms with Crippen molar-refractivity contribution in [1.29, 1.82) is 0 Å². The van der Waals surface area contributed by atoms with Crippen LogP contribution in [-0.4, -0.2) is 27.5 Å². The van der Waals surface area contributed by atoms with E-state index < -0.39 is 0 Å². The quantitative estimate of drug-likeness (QED) is 0.663. The molecule has 3 aromatic rings. The Morgan fingerprint density at radius 3 is 2.68 bits per heavy atom. The standard InChI is InChI=1S/C19H20N4O2/c24-18(8-6-16-12-20-14-22-16)23-17-7-9-19(21-13-17)25-11-10-15-4-2-1-3-5-15/h1-5,7,9,12-14H,6,8,10-11H2,(H,20,22)(H,23,24). The lowest BCUT2D eigenvalue weighted by Crippen LogP contribution is -2.12. The highest BCUT2D eigenvalue weighted by Crippen LogP contribution is 2.13. The van der Waals surface area contributed by atoms with E-state index in [2.05, 4.69) is 32.4 Å². The minimum absolute atomic E-state index is 0.0610. The largest absolute Gasteiger partial charge is 0.477 e. The number of aromatic nitrogens is 3. The fourth-order valence-corrected chi connectivity index (χ4v) is 2.35. The van der Waals surface area contributed by atoms with E-state index in [-0.39, 0.29) is 5.91 Å². The molecule has 0 unspecified atom stereocenters. The molecular weight excluding hydrogens is 316 g/mol. The number of carbonyl (C=O) groups excluding carboxylic acids is 1. The van der Waals surface area contributed by atoms with Gasteiger partial charge in [-0.25, -0.2) is 9.97 Å². The number of benzene rings is 1. The third-order valence-corrected chi connectivity index (χ3v) is 3.68. The summed E-state index contributed by atoms with van der Waals surface area (Å²) < 4.78 is 5.63. The van der Waals surface area contributed by atoms with Crippen LogP contribution in [0, 0.1) is 0 Å². The van der Waals surface area contributed by atoms with Crippen LogP contribution in [0.15, 0.2) is 61.2 Å².